The van der Waals surface area contributed by atoms with Crippen LogP contribution in [-0.4, -0.2) is 33.2 Å². The maximum atomic E-state index is 12.8. The lowest BCUT2D eigenvalue weighted by Gasteiger charge is -2.08. The smallest absolute Gasteiger partial charge is 0.446 e. The number of pyridine rings is 1. The molecule has 0 bridgehead atoms. The lowest BCUT2D eigenvalue weighted by molar-refractivity contribution is -0.0328. The largest absolute Gasteiger partial charge is 0.493 e. The summed E-state index contributed by atoms with van der Waals surface area (Å²) in [5, 5.41) is 11.9. The van der Waals surface area contributed by atoms with E-state index in [4.69, 9.17) is 0 Å². The number of anilines is 1. The molecule has 0 saturated heterocycles. The Labute approximate surface area is 199 Å². The Morgan fingerprint density at radius 2 is 1.88 bits per heavy atom. The van der Waals surface area contributed by atoms with Crippen molar-refractivity contribution in [2.24, 2.45) is 0 Å². The summed E-state index contributed by atoms with van der Waals surface area (Å²) in [6.07, 6.45) is 2.55. The van der Waals surface area contributed by atoms with Gasteiger partial charge in [0.1, 0.15) is 10.0 Å². The Balaban J connectivity index is 1.55. The van der Waals surface area contributed by atoms with Gasteiger partial charge in [0.25, 0.3) is 10.0 Å². The van der Waals surface area contributed by atoms with Gasteiger partial charge in [0.2, 0.25) is 5.88 Å². The van der Waals surface area contributed by atoms with Gasteiger partial charge in [0, 0.05) is 11.1 Å². The van der Waals surface area contributed by atoms with E-state index < -0.39 is 27.1 Å². The number of sulfonamides is 1. The van der Waals surface area contributed by atoms with Crippen LogP contribution in [0, 0.1) is 0 Å². The molecule has 0 aliphatic heterocycles. The second-order valence-corrected chi connectivity index (χ2v) is 10.9. The fourth-order valence-electron chi connectivity index (χ4n) is 3.06. The predicted octanol–water partition coefficient (Wildman–Crippen LogP) is 4.26. The van der Waals surface area contributed by atoms with E-state index in [0.29, 0.717) is 5.56 Å². The molecule has 8 nitrogen and oxygen atoms in total. The lowest BCUT2D eigenvalue weighted by atomic mass is 10.2. The van der Waals surface area contributed by atoms with Crippen molar-refractivity contribution in [1.29, 1.82) is 0 Å². The second-order valence-electron chi connectivity index (χ2n) is 6.86. The fourth-order valence-corrected chi connectivity index (χ4v) is 5.59. The molecule has 0 spiro atoms. The molecule has 0 atom stereocenters. The molecule has 178 valence electrons. The SMILES string of the molecule is O=c1n(Cc2ccnc(NS(=O)(=O)c3cccs3)c2)cc(O)n1-c1ccc(SC(F)(F)F)cc1. The van der Waals surface area contributed by atoms with Crippen molar-refractivity contribution in [3.8, 4) is 11.6 Å². The number of benzene rings is 1. The Morgan fingerprint density at radius 3 is 2.53 bits per heavy atom. The third-order valence-electron chi connectivity index (χ3n) is 4.44. The topological polar surface area (TPSA) is 106 Å². The summed E-state index contributed by atoms with van der Waals surface area (Å²) in [6, 6.07) is 11.1. The highest BCUT2D eigenvalue weighted by atomic mass is 32.2. The molecule has 4 rings (SSSR count). The van der Waals surface area contributed by atoms with Gasteiger partial charge in [-0.05, 0) is 65.2 Å². The number of alkyl halides is 3. The lowest BCUT2D eigenvalue weighted by Crippen LogP contribution is -2.23. The van der Waals surface area contributed by atoms with Gasteiger partial charge in [-0.3, -0.25) is 9.29 Å². The van der Waals surface area contributed by atoms with Crippen LogP contribution in [0.2, 0.25) is 0 Å². The highest BCUT2D eigenvalue weighted by Crippen LogP contribution is 2.37. The molecular weight excluding hydrogens is 513 g/mol. The maximum absolute atomic E-state index is 12.8. The van der Waals surface area contributed by atoms with Crippen LogP contribution in [0.15, 0.2) is 80.2 Å². The zero-order valence-electron chi connectivity index (χ0n) is 16.9. The number of thioether (sulfide) groups is 1. The first kappa shape index (κ1) is 23.9. The van der Waals surface area contributed by atoms with Crippen molar-refractivity contribution < 1.29 is 26.7 Å². The van der Waals surface area contributed by atoms with Crippen LogP contribution in [0.1, 0.15) is 5.56 Å². The second kappa shape index (κ2) is 9.19. The quantitative estimate of drug-likeness (QED) is 0.347. The van der Waals surface area contributed by atoms with E-state index in [1.165, 1.54) is 53.4 Å². The average Bonchev–Trinajstić information content (AvgIpc) is 3.37. The van der Waals surface area contributed by atoms with E-state index in [9.17, 15) is 31.5 Å². The summed E-state index contributed by atoms with van der Waals surface area (Å²) in [4.78, 5) is 16.8. The van der Waals surface area contributed by atoms with Gasteiger partial charge in [-0.25, -0.2) is 22.8 Å². The third kappa shape index (κ3) is 5.46. The van der Waals surface area contributed by atoms with Gasteiger partial charge in [-0.2, -0.15) is 13.2 Å². The van der Waals surface area contributed by atoms with E-state index >= 15 is 0 Å². The Hall–Kier alpha value is -3.23. The summed E-state index contributed by atoms with van der Waals surface area (Å²) in [7, 11) is -3.80. The number of nitrogens with zero attached hydrogens (tertiary/aromatic N) is 3. The number of aromatic hydroxyl groups is 1. The van der Waals surface area contributed by atoms with Crippen LogP contribution in [-0.2, 0) is 16.6 Å². The van der Waals surface area contributed by atoms with Gasteiger partial charge in [-0.1, -0.05) is 6.07 Å². The van der Waals surface area contributed by atoms with Crippen LogP contribution < -0.4 is 10.4 Å². The molecule has 2 N–H and O–H groups in total. The minimum Gasteiger partial charge on any atom is -0.493 e. The Bertz CT molecular complexity index is 1460. The standard InChI is InChI=1S/C20H15F3N4O4S3/c21-20(22,23)33-15-5-3-14(4-6-15)27-17(28)12-26(19(27)29)11-13-7-8-24-16(10-13)25-34(30,31)18-2-1-9-32-18/h1-10,12,28H,11H2,(H,24,25). The highest BCUT2D eigenvalue weighted by molar-refractivity contribution is 8.00. The van der Waals surface area contributed by atoms with Gasteiger partial charge in [0.15, 0.2) is 0 Å². The van der Waals surface area contributed by atoms with E-state index in [0.717, 1.165) is 15.9 Å². The number of hydrogen-bond acceptors (Lipinski definition) is 7. The van der Waals surface area contributed by atoms with Gasteiger partial charge < -0.3 is 5.11 Å². The van der Waals surface area contributed by atoms with E-state index in [-0.39, 0.29) is 38.9 Å². The number of halogens is 3. The first-order valence-electron chi connectivity index (χ1n) is 9.40. The average molecular weight is 529 g/mol. The minimum atomic E-state index is -4.44. The van der Waals surface area contributed by atoms with Crippen molar-refractivity contribution in [2.75, 3.05) is 4.72 Å². The summed E-state index contributed by atoms with van der Waals surface area (Å²) in [5.74, 6) is -0.353. The summed E-state index contributed by atoms with van der Waals surface area (Å²) < 4.78 is 67.0. The van der Waals surface area contributed by atoms with E-state index in [1.54, 1.807) is 17.5 Å². The molecule has 14 heteroatoms. The van der Waals surface area contributed by atoms with Crippen molar-refractivity contribution in [1.82, 2.24) is 14.1 Å². The molecule has 0 radical (unpaired) electrons. The van der Waals surface area contributed by atoms with Gasteiger partial charge in [0.05, 0.1) is 18.4 Å². The predicted molar refractivity (Wildman–Crippen MR) is 122 cm³/mol. The summed E-state index contributed by atoms with van der Waals surface area (Å²) in [6.45, 7) is -0.0162. The van der Waals surface area contributed by atoms with Crippen molar-refractivity contribution in [3.05, 3.63) is 82.4 Å². The molecule has 0 fully saturated rings. The van der Waals surface area contributed by atoms with Crippen LogP contribution in [0.3, 0.4) is 0 Å². The molecule has 0 aliphatic carbocycles. The molecule has 0 amide bonds. The molecule has 0 aliphatic rings. The van der Waals surface area contributed by atoms with E-state index in [2.05, 4.69) is 9.71 Å². The van der Waals surface area contributed by atoms with Crippen molar-refractivity contribution in [2.45, 2.75) is 21.2 Å². The minimum absolute atomic E-state index is 0.0162. The molecule has 0 unspecified atom stereocenters. The Morgan fingerprint density at radius 1 is 1.15 bits per heavy atom. The number of aromatic nitrogens is 3. The van der Waals surface area contributed by atoms with Gasteiger partial charge in [-0.15, -0.1) is 11.3 Å². The Kier molecular flexibility index (Phi) is 6.47. The van der Waals surface area contributed by atoms with E-state index in [1.807, 2.05) is 0 Å². The van der Waals surface area contributed by atoms with Crippen LogP contribution >= 0.6 is 23.1 Å². The number of rotatable bonds is 7. The molecule has 3 aromatic heterocycles. The first-order valence-corrected chi connectivity index (χ1v) is 12.6. The third-order valence-corrected chi connectivity index (χ3v) is 7.93. The zero-order chi connectivity index (χ0) is 24.5. The number of imidazole rings is 1. The molecule has 4 aromatic rings. The number of nitrogens with one attached hydrogen (secondary N) is 1. The van der Waals surface area contributed by atoms with Crippen LogP contribution in [0.4, 0.5) is 19.0 Å². The van der Waals surface area contributed by atoms with Crippen LogP contribution in [0.25, 0.3) is 5.69 Å². The number of hydrogen-bond donors (Lipinski definition) is 2. The summed E-state index contributed by atoms with van der Waals surface area (Å²) in [5.41, 5.74) is -4.36. The normalized spacial score (nSPS) is 12.1. The first-order chi connectivity index (χ1) is 16.0. The molecule has 3 heterocycles. The zero-order valence-corrected chi connectivity index (χ0v) is 19.4. The van der Waals surface area contributed by atoms with Crippen molar-refractivity contribution >= 4 is 38.9 Å². The molecule has 34 heavy (non-hydrogen) atoms. The highest BCUT2D eigenvalue weighted by Gasteiger charge is 2.29. The van der Waals surface area contributed by atoms with Crippen LogP contribution in [0.5, 0.6) is 5.88 Å². The fraction of sp³-hybridized carbons (Fsp3) is 0.100. The molecule has 1 aromatic carbocycles. The molecular formula is C20H15F3N4O4S3. The maximum Gasteiger partial charge on any atom is 0.446 e. The number of thiophene rings is 1. The van der Waals surface area contributed by atoms with Gasteiger partial charge >= 0.3 is 11.2 Å². The summed E-state index contributed by atoms with van der Waals surface area (Å²) >= 11 is 0.767. The van der Waals surface area contributed by atoms with Crippen molar-refractivity contribution in [3.63, 3.8) is 0 Å². The molecule has 0 saturated carbocycles. The monoisotopic (exact) mass is 528 g/mol.